The van der Waals surface area contributed by atoms with Gasteiger partial charge in [0.05, 0.1) is 43.4 Å². The molecule has 1 saturated carbocycles. The van der Waals surface area contributed by atoms with Crippen molar-refractivity contribution in [3.8, 4) is 29.0 Å². The number of nitrogens with zero attached hydrogens (tertiary/aromatic N) is 6. The van der Waals surface area contributed by atoms with Crippen molar-refractivity contribution < 1.29 is 46.6 Å². The quantitative estimate of drug-likeness (QED) is 0.0879. The number of ether oxygens (including phenoxy) is 2. The van der Waals surface area contributed by atoms with E-state index in [9.17, 15) is 32.8 Å². The number of piperidine rings is 1. The van der Waals surface area contributed by atoms with Crippen molar-refractivity contribution >= 4 is 41.2 Å². The van der Waals surface area contributed by atoms with Crippen molar-refractivity contribution in [2.45, 2.75) is 50.4 Å². The van der Waals surface area contributed by atoms with Crippen molar-refractivity contribution in [1.29, 1.82) is 0 Å². The molecule has 3 atom stereocenters. The first-order valence-corrected chi connectivity index (χ1v) is 21.5. The van der Waals surface area contributed by atoms with Gasteiger partial charge >= 0.3 is 6.09 Å². The molecule has 1 aliphatic carbocycles. The molecule has 20 heteroatoms. The van der Waals surface area contributed by atoms with Gasteiger partial charge in [-0.2, -0.15) is 5.10 Å². The predicted molar refractivity (Wildman–Crippen MR) is 231 cm³/mol. The summed E-state index contributed by atoms with van der Waals surface area (Å²) >= 11 is 0. The number of benzene rings is 2. The molecule has 66 heavy (non-hydrogen) atoms. The lowest BCUT2D eigenvalue weighted by Crippen LogP contribution is -2.52. The molecule has 4 fully saturated rings. The number of amides is 5. The molecule has 340 valence electrons. The fourth-order valence-electron chi connectivity index (χ4n) is 7.75. The maximum Gasteiger partial charge on any atom is 0.411 e. The Morgan fingerprint density at radius 3 is 2.56 bits per heavy atom. The van der Waals surface area contributed by atoms with Crippen LogP contribution in [-0.2, 0) is 19.1 Å². The molecule has 3 aromatic heterocycles. The number of aromatic nitrogens is 4. The first kappa shape index (κ1) is 43.7. The van der Waals surface area contributed by atoms with Gasteiger partial charge in [0.1, 0.15) is 24.2 Å². The maximum absolute atomic E-state index is 14.1. The van der Waals surface area contributed by atoms with Gasteiger partial charge in [0.2, 0.25) is 17.7 Å². The molecule has 4 aliphatic rings. The summed E-state index contributed by atoms with van der Waals surface area (Å²) in [5.41, 5.74) is 1.87. The Balaban J connectivity index is 0.738. The lowest BCUT2D eigenvalue weighted by atomic mass is 10.0. The van der Waals surface area contributed by atoms with E-state index in [0.29, 0.717) is 54.8 Å². The molecule has 5 aromatic rings. The Labute approximate surface area is 376 Å². The molecule has 0 spiro atoms. The number of cyclic esters (lactones) is 1. The summed E-state index contributed by atoms with van der Waals surface area (Å²) < 4.78 is 46.4. The number of hydrogen-bond acceptors (Lipinski definition) is 13. The Kier molecular flexibility index (Phi) is 12.8. The lowest BCUT2D eigenvalue weighted by Gasteiger charge is -2.31. The number of imide groups is 1. The van der Waals surface area contributed by atoms with E-state index in [2.05, 4.69) is 53.1 Å². The number of carbonyl (C=O) groups is 5. The van der Waals surface area contributed by atoms with Gasteiger partial charge in [-0.15, -0.1) is 0 Å². The number of nitrogens with one attached hydrogen (secondary N) is 4. The minimum absolute atomic E-state index is 0.113. The highest BCUT2D eigenvalue weighted by Gasteiger charge is 2.42. The summed E-state index contributed by atoms with van der Waals surface area (Å²) in [7, 11) is 0. The molecular weight excluding hydrogens is 859 g/mol. The number of pyridine rings is 1. The van der Waals surface area contributed by atoms with Crippen LogP contribution in [0, 0.1) is 17.8 Å². The number of halogens is 2. The third-order valence-corrected chi connectivity index (χ3v) is 11.6. The zero-order valence-corrected chi connectivity index (χ0v) is 35.4. The van der Waals surface area contributed by atoms with Gasteiger partial charge in [0, 0.05) is 55.5 Å². The highest BCUT2D eigenvalue weighted by molar-refractivity contribution is 6.03. The van der Waals surface area contributed by atoms with Crippen LogP contribution in [0.25, 0.3) is 17.1 Å². The predicted octanol–water partition coefficient (Wildman–Crippen LogP) is 4.71. The van der Waals surface area contributed by atoms with Crippen LogP contribution in [0.2, 0.25) is 0 Å². The number of carbonyl (C=O) groups excluding carboxylic acids is 5. The zero-order valence-electron chi connectivity index (χ0n) is 35.4. The third-order valence-electron chi connectivity index (χ3n) is 11.6. The maximum atomic E-state index is 14.1. The number of hydrogen-bond donors (Lipinski definition) is 4. The highest BCUT2D eigenvalue weighted by Crippen LogP contribution is 2.32. The second-order valence-electron chi connectivity index (χ2n) is 16.3. The van der Waals surface area contributed by atoms with E-state index in [-0.39, 0.29) is 61.1 Å². The molecule has 9 rings (SSSR count). The third kappa shape index (κ3) is 10.4. The molecule has 3 aliphatic heterocycles. The molecule has 2 aromatic carbocycles. The number of alkyl halides is 2. The van der Waals surface area contributed by atoms with Gasteiger partial charge in [0.25, 0.3) is 18.2 Å². The summed E-state index contributed by atoms with van der Waals surface area (Å²) in [5.74, 6) is 5.84. The van der Waals surface area contributed by atoms with Crippen LogP contribution in [-0.4, -0.2) is 117 Å². The van der Waals surface area contributed by atoms with Crippen molar-refractivity contribution in [2.24, 2.45) is 5.92 Å². The average Bonchev–Trinajstić information content (AvgIpc) is 3.64. The van der Waals surface area contributed by atoms with E-state index < -0.39 is 42.2 Å². The SMILES string of the molecule is O=C1CCC(N2C[C@H](c3ccc(C#CCN4CCOC(CNC(=O)c5ccc(-n6cc(NC(=O)c7coc(-c8ccnc(NCC9CC9)c8)n7)c(C(F)F)n6)cc5)C4)cc3)OC2=O)C(=O)N1. The fraction of sp³-hybridized carbons (Fsp3) is 0.348. The van der Waals surface area contributed by atoms with Crippen LogP contribution < -0.4 is 21.3 Å². The standard InChI is InChI=1S/C46H44F2N10O8/c47-41(48)40-34(52-43(61)35-26-65-45(53-35)31-15-16-49-38(20-31)50-21-28-3-4-28)24-58(55-40)32-11-9-30(10-12-32)42(60)51-22-33-23-56(18-19-64-33)17-1-2-27-5-7-29(8-6-27)37-25-57(46(63)66-37)36-13-14-39(59)54-44(36)62/h5-12,15-16,20,24,26,28,33,36-37,41H,3-4,13-14,17-19,21-23,25H2,(H,49,50)(H,51,60)(H,52,61)(H,54,59,62)/t33?,36?,37-/m1/s1. The van der Waals surface area contributed by atoms with E-state index in [4.69, 9.17) is 13.9 Å². The normalized spacial score (nSPS) is 19.8. The zero-order chi connectivity index (χ0) is 45.7. The molecule has 6 heterocycles. The lowest BCUT2D eigenvalue weighted by molar-refractivity contribution is -0.136. The molecule has 0 radical (unpaired) electrons. The van der Waals surface area contributed by atoms with Crippen molar-refractivity contribution in [2.75, 3.05) is 56.5 Å². The summed E-state index contributed by atoms with van der Waals surface area (Å²) in [5, 5.41) is 14.9. The van der Waals surface area contributed by atoms with Gasteiger partial charge in [-0.1, -0.05) is 24.0 Å². The van der Waals surface area contributed by atoms with Gasteiger partial charge in [-0.25, -0.2) is 28.2 Å². The molecule has 18 nitrogen and oxygen atoms in total. The van der Waals surface area contributed by atoms with Crippen molar-refractivity contribution in [3.05, 3.63) is 107 Å². The number of rotatable bonds is 14. The summed E-state index contributed by atoms with van der Waals surface area (Å²) in [6, 6.07) is 16.3. The second-order valence-corrected chi connectivity index (χ2v) is 16.3. The van der Waals surface area contributed by atoms with Gasteiger partial charge < -0.3 is 29.8 Å². The van der Waals surface area contributed by atoms with Crippen molar-refractivity contribution in [3.63, 3.8) is 0 Å². The average molecular weight is 903 g/mol. The minimum Gasteiger partial charge on any atom is -0.444 e. The summed E-state index contributed by atoms with van der Waals surface area (Å²) in [6.07, 6.45) is 2.39. The Hall–Kier alpha value is -7.50. The molecule has 0 bridgehead atoms. The molecule has 3 saturated heterocycles. The van der Waals surface area contributed by atoms with E-state index in [1.807, 2.05) is 24.3 Å². The Morgan fingerprint density at radius 1 is 0.970 bits per heavy atom. The first-order chi connectivity index (χ1) is 32.0. The van der Waals surface area contributed by atoms with Gasteiger partial charge in [-0.3, -0.25) is 34.3 Å². The molecule has 2 unspecified atom stereocenters. The molecule has 5 amide bonds. The van der Waals surface area contributed by atoms with Crippen LogP contribution in [0.5, 0.6) is 0 Å². The van der Waals surface area contributed by atoms with Gasteiger partial charge in [-0.05, 0) is 79.3 Å². The van der Waals surface area contributed by atoms with Crippen LogP contribution in [0.1, 0.15) is 75.9 Å². The van der Waals surface area contributed by atoms with Crippen LogP contribution >= 0.6 is 0 Å². The second kappa shape index (κ2) is 19.3. The van der Waals surface area contributed by atoms with Crippen molar-refractivity contribution in [1.82, 2.24) is 40.2 Å². The Morgan fingerprint density at radius 2 is 1.79 bits per heavy atom. The number of morpholine rings is 1. The minimum atomic E-state index is -3.00. The van der Waals surface area contributed by atoms with E-state index in [1.165, 1.54) is 28.6 Å². The van der Waals surface area contributed by atoms with E-state index in [0.717, 1.165) is 23.9 Å². The van der Waals surface area contributed by atoms with E-state index in [1.54, 1.807) is 42.6 Å². The largest absolute Gasteiger partial charge is 0.444 e. The molecular formula is C46H44F2N10O8. The monoisotopic (exact) mass is 902 g/mol. The first-order valence-electron chi connectivity index (χ1n) is 21.5. The topological polar surface area (TPSA) is 215 Å². The van der Waals surface area contributed by atoms with E-state index >= 15 is 0 Å². The van der Waals surface area contributed by atoms with Crippen LogP contribution in [0.3, 0.4) is 0 Å². The Bertz CT molecular complexity index is 2690. The fourth-order valence-corrected chi connectivity index (χ4v) is 7.75. The number of anilines is 2. The number of oxazole rings is 1. The molecule has 4 N–H and O–H groups in total. The van der Waals surface area contributed by atoms with Crippen LogP contribution in [0.15, 0.2) is 83.7 Å². The highest BCUT2D eigenvalue weighted by atomic mass is 19.3. The van der Waals surface area contributed by atoms with Gasteiger partial charge in [0.15, 0.2) is 11.4 Å². The van der Waals surface area contributed by atoms with Crippen LogP contribution in [0.4, 0.5) is 25.1 Å². The smallest absolute Gasteiger partial charge is 0.411 e. The summed E-state index contributed by atoms with van der Waals surface area (Å²) in [4.78, 5) is 74.6. The summed E-state index contributed by atoms with van der Waals surface area (Å²) in [6.45, 7) is 3.38.